The molecule has 1 aliphatic carbocycles. The first-order valence-corrected chi connectivity index (χ1v) is 13.2. The Labute approximate surface area is 231 Å². The minimum atomic E-state index is -1.01. The average molecular weight is 542 g/mol. The molecule has 40 heavy (non-hydrogen) atoms. The van der Waals surface area contributed by atoms with E-state index in [2.05, 4.69) is 15.6 Å². The Morgan fingerprint density at radius 2 is 1.75 bits per heavy atom. The van der Waals surface area contributed by atoms with E-state index in [-0.39, 0.29) is 24.4 Å². The van der Waals surface area contributed by atoms with Crippen molar-refractivity contribution < 1.29 is 23.9 Å². The van der Waals surface area contributed by atoms with E-state index in [0.29, 0.717) is 33.6 Å². The van der Waals surface area contributed by atoms with E-state index in [9.17, 15) is 14.4 Å². The van der Waals surface area contributed by atoms with E-state index >= 15 is 0 Å². The zero-order valence-electron chi connectivity index (χ0n) is 22.4. The molecule has 1 heterocycles. The Morgan fingerprint density at radius 3 is 2.48 bits per heavy atom. The second-order valence-corrected chi connectivity index (χ2v) is 9.71. The summed E-state index contributed by atoms with van der Waals surface area (Å²) in [7, 11) is 2.86. The zero-order chi connectivity index (χ0) is 28.1. The number of amides is 2. The third kappa shape index (κ3) is 5.66. The number of ether oxygens (including phenoxy) is 2. The number of nitrogens with one attached hydrogen (secondary N) is 1. The number of para-hydroxylation sites is 1. The summed E-state index contributed by atoms with van der Waals surface area (Å²) in [6, 6.07) is 19.9. The van der Waals surface area contributed by atoms with Crippen molar-refractivity contribution in [3.8, 4) is 5.75 Å². The molecular formula is C30H31N5O5. The molecule has 0 bridgehead atoms. The summed E-state index contributed by atoms with van der Waals surface area (Å²) in [6.45, 7) is -0.156. The van der Waals surface area contributed by atoms with Crippen LogP contribution in [0.1, 0.15) is 47.6 Å². The van der Waals surface area contributed by atoms with Crippen molar-refractivity contribution in [2.45, 2.75) is 44.3 Å². The van der Waals surface area contributed by atoms with Gasteiger partial charge in [0.1, 0.15) is 23.9 Å². The number of hydrogen-bond acceptors (Lipinski definition) is 7. The van der Waals surface area contributed by atoms with Gasteiger partial charge in [0.25, 0.3) is 0 Å². The van der Waals surface area contributed by atoms with Crippen LogP contribution < -0.4 is 15.0 Å². The van der Waals surface area contributed by atoms with E-state index in [1.54, 1.807) is 55.6 Å². The lowest BCUT2D eigenvalue weighted by Crippen LogP contribution is -2.47. The first-order chi connectivity index (χ1) is 19.5. The predicted octanol–water partition coefficient (Wildman–Crippen LogP) is 4.06. The first-order valence-electron chi connectivity index (χ1n) is 13.2. The minimum absolute atomic E-state index is 0.0403. The summed E-state index contributed by atoms with van der Waals surface area (Å²) in [6.07, 6.45) is 3.88. The summed E-state index contributed by atoms with van der Waals surface area (Å²) in [5, 5.41) is 11.5. The Hall–Kier alpha value is -4.73. The van der Waals surface area contributed by atoms with Crippen LogP contribution in [-0.4, -0.2) is 53.0 Å². The smallest absolute Gasteiger partial charge is 0.337 e. The van der Waals surface area contributed by atoms with Crippen LogP contribution in [0.15, 0.2) is 72.8 Å². The lowest BCUT2D eigenvalue weighted by atomic mass is 10.0. The fourth-order valence-electron chi connectivity index (χ4n) is 5.13. The second-order valence-electron chi connectivity index (χ2n) is 9.71. The molecule has 206 valence electrons. The van der Waals surface area contributed by atoms with Crippen molar-refractivity contribution in [1.29, 1.82) is 0 Å². The third-order valence-electron chi connectivity index (χ3n) is 7.16. The van der Waals surface area contributed by atoms with Gasteiger partial charge in [-0.1, -0.05) is 42.3 Å². The van der Waals surface area contributed by atoms with Gasteiger partial charge >= 0.3 is 5.97 Å². The number of anilines is 1. The van der Waals surface area contributed by atoms with Crippen LogP contribution in [0.25, 0.3) is 11.0 Å². The summed E-state index contributed by atoms with van der Waals surface area (Å²) in [5.74, 6) is -0.612. The highest BCUT2D eigenvalue weighted by atomic mass is 16.5. The lowest BCUT2D eigenvalue weighted by molar-refractivity contribution is -0.127. The van der Waals surface area contributed by atoms with Crippen molar-refractivity contribution in [3.63, 3.8) is 0 Å². The van der Waals surface area contributed by atoms with Gasteiger partial charge in [-0.2, -0.15) is 0 Å². The Balaban J connectivity index is 1.59. The fraction of sp³-hybridized carbons (Fsp3) is 0.300. The quantitative estimate of drug-likeness (QED) is 0.318. The normalized spacial score (nSPS) is 14.1. The van der Waals surface area contributed by atoms with E-state index in [1.807, 2.05) is 24.3 Å². The topological polar surface area (TPSA) is 116 Å². The van der Waals surface area contributed by atoms with E-state index in [1.165, 1.54) is 16.7 Å². The number of carbonyl (C=O) groups excluding carboxylic acids is 3. The van der Waals surface area contributed by atoms with E-state index in [4.69, 9.17) is 9.47 Å². The minimum Gasteiger partial charge on any atom is -0.497 e. The predicted molar refractivity (Wildman–Crippen MR) is 149 cm³/mol. The molecule has 10 heteroatoms. The third-order valence-corrected chi connectivity index (χ3v) is 7.16. The molecule has 1 aromatic heterocycles. The van der Waals surface area contributed by atoms with Crippen LogP contribution in [0.2, 0.25) is 0 Å². The molecule has 3 aromatic carbocycles. The highest BCUT2D eigenvalue weighted by Gasteiger charge is 2.35. The molecule has 0 saturated heterocycles. The standard InChI is InChI=1S/C30H31N5O5/c1-39-24-11-7-8-21(18-24)28(29(37)31-22-9-3-4-10-22)35(23-16-14-20(15-17-23)30(38)40-2)27(36)19-34-26-13-6-5-12-25(26)32-33-34/h5-8,11-18,22,28H,3-4,9-10,19H2,1-2H3,(H,31,37)/t28-/m0/s1. The number of carbonyl (C=O) groups is 3. The van der Waals surface area contributed by atoms with Gasteiger partial charge in [-0.05, 0) is 66.9 Å². The van der Waals surface area contributed by atoms with Crippen LogP contribution in [0.3, 0.4) is 0 Å². The van der Waals surface area contributed by atoms with E-state index < -0.39 is 12.0 Å². The van der Waals surface area contributed by atoms with Gasteiger partial charge in [0, 0.05) is 11.7 Å². The number of hydrogen-bond donors (Lipinski definition) is 1. The molecule has 1 saturated carbocycles. The summed E-state index contributed by atoms with van der Waals surface area (Å²) < 4.78 is 11.8. The van der Waals surface area contributed by atoms with Crippen molar-refractivity contribution in [2.75, 3.05) is 19.1 Å². The number of nitrogens with zero attached hydrogens (tertiary/aromatic N) is 4. The van der Waals surface area contributed by atoms with Crippen LogP contribution in [-0.2, 0) is 20.9 Å². The molecule has 0 aliphatic heterocycles. The maximum Gasteiger partial charge on any atom is 0.337 e. The molecule has 5 rings (SSSR count). The highest BCUT2D eigenvalue weighted by molar-refractivity contribution is 6.02. The summed E-state index contributed by atoms with van der Waals surface area (Å²) in [5.41, 5.74) is 2.71. The number of aromatic nitrogens is 3. The van der Waals surface area contributed by atoms with Crippen molar-refractivity contribution in [3.05, 3.63) is 83.9 Å². The van der Waals surface area contributed by atoms with Gasteiger partial charge in [-0.25, -0.2) is 9.48 Å². The number of methoxy groups -OCH3 is 2. The molecule has 4 aromatic rings. The number of benzene rings is 3. The molecule has 1 atom stereocenters. The van der Waals surface area contributed by atoms with Crippen LogP contribution in [0, 0.1) is 0 Å². The van der Waals surface area contributed by atoms with Gasteiger partial charge in [-0.15, -0.1) is 5.10 Å². The van der Waals surface area contributed by atoms with Crippen molar-refractivity contribution in [2.24, 2.45) is 0 Å². The maximum absolute atomic E-state index is 14.2. The highest BCUT2D eigenvalue weighted by Crippen LogP contribution is 2.32. The monoisotopic (exact) mass is 541 g/mol. The van der Waals surface area contributed by atoms with Crippen molar-refractivity contribution >= 4 is 34.5 Å². The Morgan fingerprint density at radius 1 is 1.00 bits per heavy atom. The molecule has 2 amide bonds. The van der Waals surface area contributed by atoms with Gasteiger partial charge in [0.05, 0.1) is 25.3 Å². The zero-order valence-corrected chi connectivity index (χ0v) is 22.4. The second kappa shape index (κ2) is 12.0. The molecule has 1 N–H and O–H groups in total. The first kappa shape index (κ1) is 26.9. The van der Waals surface area contributed by atoms with Crippen LogP contribution >= 0.6 is 0 Å². The molecule has 1 fully saturated rings. The van der Waals surface area contributed by atoms with Crippen LogP contribution in [0.5, 0.6) is 5.75 Å². The number of rotatable bonds is 9. The van der Waals surface area contributed by atoms with Gasteiger partial charge in [-0.3, -0.25) is 14.5 Å². The van der Waals surface area contributed by atoms with Gasteiger partial charge < -0.3 is 14.8 Å². The molecule has 0 spiro atoms. The van der Waals surface area contributed by atoms with E-state index in [0.717, 1.165) is 25.7 Å². The largest absolute Gasteiger partial charge is 0.497 e. The summed E-state index contributed by atoms with van der Waals surface area (Å²) >= 11 is 0. The fourth-order valence-corrected chi connectivity index (χ4v) is 5.13. The van der Waals surface area contributed by atoms with Crippen LogP contribution in [0.4, 0.5) is 5.69 Å². The average Bonchev–Trinajstić information content (AvgIpc) is 3.65. The molecule has 0 unspecified atom stereocenters. The molecular weight excluding hydrogens is 510 g/mol. The molecule has 0 radical (unpaired) electrons. The SMILES string of the molecule is COC(=O)c1ccc(N(C(=O)Cn2nnc3ccccc32)[C@H](C(=O)NC2CCCC2)c2cccc(OC)c2)cc1. The summed E-state index contributed by atoms with van der Waals surface area (Å²) in [4.78, 5) is 41.7. The van der Waals surface area contributed by atoms with Gasteiger partial charge in [0.2, 0.25) is 11.8 Å². The van der Waals surface area contributed by atoms with Gasteiger partial charge in [0.15, 0.2) is 0 Å². The Bertz CT molecular complexity index is 1510. The molecule has 1 aliphatic rings. The lowest BCUT2D eigenvalue weighted by Gasteiger charge is -2.32. The number of fused-ring (bicyclic) bond motifs is 1. The molecule has 10 nitrogen and oxygen atoms in total. The Kier molecular flexibility index (Phi) is 8.04. The number of esters is 1. The maximum atomic E-state index is 14.2. The van der Waals surface area contributed by atoms with Crippen molar-refractivity contribution in [1.82, 2.24) is 20.3 Å².